The molecule has 3 rings (SSSR count). The van der Waals surface area contributed by atoms with Gasteiger partial charge in [0.25, 0.3) is 0 Å². The van der Waals surface area contributed by atoms with E-state index in [1.807, 2.05) is 30.5 Å². The van der Waals surface area contributed by atoms with Crippen LogP contribution in [0.25, 0.3) is 10.8 Å². The number of hydrogen-bond donors (Lipinski definition) is 2. The van der Waals surface area contributed by atoms with Crippen LogP contribution in [0, 0.1) is 5.82 Å². The number of pyridine rings is 1. The average Bonchev–Trinajstić information content (AvgIpc) is 2.67. The highest BCUT2D eigenvalue weighted by atomic mass is 32.2. The Hall–Kier alpha value is -2.80. The number of fused-ring (bicyclic) bond motifs is 1. The molecular formula is C20H20FN3O2S. The second kappa shape index (κ2) is 9.23. The standard InChI is InChI=1S/C20H20FN3O2S/c1-27-13-16(12-26-17-6-3-5-15(21)10-17)23-20(25)24-19-7-2-4-14-11-22-9-8-18(14)19/h2-11,16H,12-13H2,1H3,(H2,23,24,25)/t16-/m1/s1. The van der Waals surface area contributed by atoms with Crippen molar-refractivity contribution in [2.45, 2.75) is 6.04 Å². The summed E-state index contributed by atoms with van der Waals surface area (Å²) in [5.74, 6) is 0.747. The molecule has 1 atom stereocenters. The van der Waals surface area contributed by atoms with Gasteiger partial charge in [-0.05, 0) is 30.5 Å². The van der Waals surface area contributed by atoms with Crippen LogP contribution in [-0.4, -0.2) is 35.7 Å². The summed E-state index contributed by atoms with van der Waals surface area (Å²) >= 11 is 1.59. The highest BCUT2D eigenvalue weighted by molar-refractivity contribution is 7.98. The summed E-state index contributed by atoms with van der Waals surface area (Å²) in [7, 11) is 0. The van der Waals surface area contributed by atoms with E-state index in [2.05, 4.69) is 15.6 Å². The maximum Gasteiger partial charge on any atom is 0.319 e. The van der Waals surface area contributed by atoms with Crippen molar-refractivity contribution in [3.63, 3.8) is 0 Å². The van der Waals surface area contributed by atoms with Gasteiger partial charge in [0.1, 0.15) is 18.2 Å². The predicted molar refractivity (Wildman–Crippen MR) is 108 cm³/mol. The minimum Gasteiger partial charge on any atom is -0.491 e. The molecule has 140 valence electrons. The number of hydrogen-bond acceptors (Lipinski definition) is 4. The molecule has 0 unspecified atom stereocenters. The number of nitrogens with one attached hydrogen (secondary N) is 2. The Morgan fingerprint density at radius 1 is 1.26 bits per heavy atom. The second-order valence-electron chi connectivity index (χ2n) is 5.92. The van der Waals surface area contributed by atoms with Crippen LogP contribution in [0.1, 0.15) is 0 Å². The first-order valence-electron chi connectivity index (χ1n) is 8.43. The first-order valence-corrected chi connectivity index (χ1v) is 9.82. The number of anilines is 1. The monoisotopic (exact) mass is 385 g/mol. The predicted octanol–water partition coefficient (Wildman–Crippen LogP) is 4.31. The Bertz CT molecular complexity index is 917. The topological polar surface area (TPSA) is 63.2 Å². The first kappa shape index (κ1) is 19.0. The van der Waals surface area contributed by atoms with Crippen molar-refractivity contribution in [2.24, 2.45) is 0 Å². The van der Waals surface area contributed by atoms with Crippen molar-refractivity contribution >= 4 is 34.3 Å². The summed E-state index contributed by atoms with van der Waals surface area (Å²) in [5.41, 5.74) is 0.710. The van der Waals surface area contributed by atoms with Crippen molar-refractivity contribution < 1.29 is 13.9 Å². The zero-order valence-corrected chi connectivity index (χ0v) is 15.6. The van der Waals surface area contributed by atoms with Gasteiger partial charge in [0.2, 0.25) is 0 Å². The minimum atomic E-state index is -0.356. The van der Waals surface area contributed by atoms with Crippen molar-refractivity contribution in [2.75, 3.05) is 23.9 Å². The Balaban J connectivity index is 1.62. The number of amides is 2. The molecule has 0 fully saturated rings. The van der Waals surface area contributed by atoms with Gasteiger partial charge in [-0.25, -0.2) is 9.18 Å². The molecule has 0 bridgehead atoms. The van der Waals surface area contributed by atoms with E-state index in [-0.39, 0.29) is 24.5 Å². The fraction of sp³-hybridized carbons (Fsp3) is 0.200. The second-order valence-corrected chi connectivity index (χ2v) is 6.83. The molecule has 0 aliphatic rings. The number of ether oxygens (including phenoxy) is 1. The van der Waals surface area contributed by atoms with Crippen molar-refractivity contribution in [3.05, 3.63) is 66.7 Å². The average molecular weight is 385 g/mol. The molecule has 3 aromatic rings. The summed E-state index contributed by atoms with van der Waals surface area (Å²) in [6, 6.07) is 12.9. The lowest BCUT2D eigenvalue weighted by Crippen LogP contribution is -2.43. The van der Waals surface area contributed by atoms with Crippen molar-refractivity contribution in [1.82, 2.24) is 10.3 Å². The van der Waals surface area contributed by atoms with Gasteiger partial charge < -0.3 is 15.4 Å². The van der Waals surface area contributed by atoms with Gasteiger partial charge >= 0.3 is 6.03 Å². The molecule has 2 amide bonds. The van der Waals surface area contributed by atoms with E-state index < -0.39 is 0 Å². The van der Waals surface area contributed by atoms with E-state index in [0.717, 1.165) is 10.8 Å². The molecule has 5 nitrogen and oxygen atoms in total. The number of aromatic nitrogens is 1. The summed E-state index contributed by atoms with van der Waals surface area (Å²) in [6.07, 6.45) is 5.39. The molecule has 0 radical (unpaired) electrons. The Morgan fingerprint density at radius 3 is 2.93 bits per heavy atom. The number of urea groups is 1. The molecule has 27 heavy (non-hydrogen) atoms. The highest BCUT2D eigenvalue weighted by Gasteiger charge is 2.14. The van der Waals surface area contributed by atoms with E-state index in [1.165, 1.54) is 12.1 Å². The molecule has 7 heteroatoms. The van der Waals surface area contributed by atoms with Crippen molar-refractivity contribution in [3.8, 4) is 5.75 Å². The number of nitrogens with zero attached hydrogens (tertiary/aromatic N) is 1. The zero-order chi connectivity index (χ0) is 19.1. The number of rotatable bonds is 7. The normalized spacial score (nSPS) is 11.8. The van der Waals surface area contributed by atoms with Crippen LogP contribution in [-0.2, 0) is 0 Å². The summed E-state index contributed by atoms with van der Waals surface area (Å²) in [5, 5.41) is 7.66. The molecule has 2 aromatic carbocycles. The minimum absolute atomic E-state index is 0.222. The summed E-state index contributed by atoms with van der Waals surface area (Å²) in [6.45, 7) is 0.247. The fourth-order valence-electron chi connectivity index (χ4n) is 2.66. The first-order chi connectivity index (χ1) is 13.2. The van der Waals surface area contributed by atoms with Gasteiger partial charge in [0.05, 0.1) is 11.7 Å². The molecule has 0 aliphatic carbocycles. The van der Waals surface area contributed by atoms with Crippen LogP contribution in [0.3, 0.4) is 0 Å². The van der Waals surface area contributed by atoms with Crippen molar-refractivity contribution in [1.29, 1.82) is 0 Å². The lowest BCUT2D eigenvalue weighted by atomic mass is 10.1. The lowest BCUT2D eigenvalue weighted by molar-refractivity contribution is 0.237. The van der Waals surface area contributed by atoms with Crippen LogP contribution < -0.4 is 15.4 Å². The van der Waals surface area contributed by atoms with Gasteiger partial charge in [-0.15, -0.1) is 0 Å². The van der Waals surface area contributed by atoms with E-state index in [9.17, 15) is 9.18 Å². The van der Waals surface area contributed by atoms with Crippen LogP contribution >= 0.6 is 11.8 Å². The van der Waals surface area contributed by atoms with E-state index >= 15 is 0 Å². The zero-order valence-electron chi connectivity index (χ0n) is 14.8. The highest BCUT2D eigenvalue weighted by Crippen LogP contribution is 2.22. The SMILES string of the molecule is CSC[C@@H](COc1cccc(F)c1)NC(=O)Nc1cccc2cnccc12. The molecule has 0 aliphatic heterocycles. The van der Waals surface area contributed by atoms with Gasteiger partial charge in [-0.3, -0.25) is 4.98 Å². The van der Waals surface area contributed by atoms with Crippen LogP contribution in [0.15, 0.2) is 60.9 Å². The number of carbonyl (C=O) groups is 1. The molecule has 1 aromatic heterocycles. The maximum absolute atomic E-state index is 13.3. The Labute approximate surface area is 161 Å². The quantitative estimate of drug-likeness (QED) is 0.636. The third-order valence-electron chi connectivity index (χ3n) is 3.88. The number of carbonyl (C=O) groups excluding carboxylic acids is 1. The third kappa shape index (κ3) is 5.34. The smallest absolute Gasteiger partial charge is 0.319 e. The van der Waals surface area contributed by atoms with E-state index in [0.29, 0.717) is 17.2 Å². The maximum atomic E-state index is 13.3. The number of thioether (sulfide) groups is 1. The van der Waals surface area contributed by atoms with Crippen LogP contribution in [0.2, 0.25) is 0 Å². The Morgan fingerprint density at radius 2 is 2.11 bits per heavy atom. The van der Waals surface area contributed by atoms with E-state index in [1.54, 1.807) is 36.3 Å². The molecule has 0 saturated carbocycles. The Kier molecular flexibility index (Phi) is 6.49. The van der Waals surface area contributed by atoms with Crippen LogP contribution in [0.4, 0.5) is 14.9 Å². The molecule has 1 heterocycles. The van der Waals surface area contributed by atoms with Crippen LogP contribution in [0.5, 0.6) is 5.75 Å². The number of benzene rings is 2. The summed E-state index contributed by atoms with van der Waals surface area (Å²) < 4.78 is 18.9. The molecule has 0 saturated heterocycles. The number of halogens is 1. The summed E-state index contributed by atoms with van der Waals surface area (Å²) in [4.78, 5) is 16.5. The largest absolute Gasteiger partial charge is 0.491 e. The molecular weight excluding hydrogens is 365 g/mol. The third-order valence-corrected chi connectivity index (χ3v) is 4.61. The molecule has 2 N–H and O–H groups in total. The fourth-order valence-corrected chi connectivity index (χ4v) is 3.24. The van der Waals surface area contributed by atoms with Gasteiger partial charge in [-0.1, -0.05) is 18.2 Å². The van der Waals surface area contributed by atoms with E-state index in [4.69, 9.17) is 4.74 Å². The molecule has 0 spiro atoms. The van der Waals surface area contributed by atoms with Gasteiger partial charge in [0.15, 0.2) is 0 Å². The lowest BCUT2D eigenvalue weighted by Gasteiger charge is -2.19. The van der Waals surface area contributed by atoms with Gasteiger partial charge in [-0.2, -0.15) is 11.8 Å². The van der Waals surface area contributed by atoms with Gasteiger partial charge in [0, 0.05) is 35.0 Å².